The molecule has 25 heavy (non-hydrogen) atoms. The second-order valence-corrected chi connectivity index (χ2v) is 7.68. The number of carbonyl (C=O) groups excluding carboxylic acids is 2. The third kappa shape index (κ3) is 6.52. The number of nitrogens with two attached hydrogens (primary N) is 1. The van der Waals surface area contributed by atoms with Crippen LogP contribution in [-0.2, 0) is 16.1 Å². The fourth-order valence-electron chi connectivity index (χ4n) is 4.19. The lowest BCUT2D eigenvalue weighted by molar-refractivity contribution is -0.129. The van der Waals surface area contributed by atoms with E-state index in [1.807, 2.05) is 6.07 Å². The summed E-state index contributed by atoms with van der Waals surface area (Å²) in [5, 5.41) is 0. The van der Waals surface area contributed by atoms with Gasteiger partial charge < -0.3 is 10.6 Å². The number of amides is 2. The van der Waals surface area contributed by atoms with Gasteiger partial charge in [-0.15, -0.1) is 0 Å². The Morgan fingerprint density at radius 1 is 1.20 bits per heavy atom. The SMILES string of the molecule is CC(N)=O.CC1CCCC(CC2CCC(=O)N2Cc2ccccc2)C1. The monoisotopic (exact) mass is 344 g/mol. The van der Waals surface area contributed by atoms with E-state index in [9.17, 15) is 9.59 Å². The van der Waals surface area contributed by atoms with E-state index in [0.717, 1.165) is 31.2 Å². The highest BCUT2D eigenvalue weighted by Gasteiger charge is 2.33. The number of nitrogens with zero attached hydrogens (tertiary/aromatic N) is 1. The first kappa shape index (κ1) is 19.5. The summed E-state index contributed by atoms with van der Waals surface area (Å²) in [5.41, 5.74) is 5.73. The Kier molecular flexibility index (Phi) is 7.48. The van der Waals surface area contributed by atoms with E-state index < -0.39 is 0 Å². The molecule has 0 spiro atoms. The minimum atomic E-state index is -0.333. The molecule has 138 valence electrons. The molecule has 1 saturated heterocycles. The average molecular weight is 344 g/mol. The van der Waals surface area contributed by atoms with Gasteiger partial charge in [-0.3, -0.25) is 9.59 Å². The third-order valence-corrected chi connectivity index (χ3v) is 5.30. The molecule has 1 aliphatic carbocycles. The summed E-state index contributed by atoms with van der Waals surface area (Å²) in [6.07, 6.45) is 8.55. The third-order valence-electron chi connectivity index (χ3n) is 5.30. The normalized spacial score (nSPS) is 26.1. The van der Waals surface area contributed by atoms with Crippen LogP contribution >= 0.6 is 0 Å². The Morgan fingerprint density at radius 3 is 2.52 bits per heavy atom. The topological polar surface area (TPSA) is 63.4 Å². The highest BCUT2D eigenvalue weighted by Crippen LogP contribution is 2.35. The van der Waals surface area contributed by atoms with E-state index in [0.29, 0.717) is 11.9 Å². The molecule has 3 unspecified atom stereocenters. The highest BCUT2D eigenvalue weighted by molar-refractivity contribution is 5.78. The lowest BCUT2D eigenvalue weighted by atomic mass is 9.79. The standard InChI is InChI=1S/C19H27NO.C2H5NO/c1-15-6-5-9-17(12-15)13-18-10-11-19(21)20(18)14-16-7-3-2-4-8-16;1-2(3)4/h2-4,7-8,15,17-18H,5-6,9-14H2,1H3;1H3,(H2,3,4). The van der Waals surface area contributed by atoms with Gasteiger partial charge in [0.2, 0.25) is 11.8 Å². The Balaban J connectivity index is 0.000000511. The van der Waals surface area contributed by atoms with Crippen LogP contribution in [0.25, 0.3) is 0 Å². The molecule has 2 aliphatic rings. The number of primary amides is 1. The van der Waals surface area contributed by atoms with Gasteiger partial charge in [0.15, 0.2) is 0 Å². The van der Waals surface area contributed by atoms with Crippen molar-refractivity contribution in [2.24, 2.45) is 17.6 Å². The van der Waals surface area contributed by atoms with Crippen LogP contribution in [0.3, 0.4) is 0 Å². The maximum Gasteiger partial charge on any atom is 0.223 e. The number of rotatable bonds is 4. The lowest BCUT2D eigenvalue weighted by Gasteiger charge is -2.32. The molecule has 4 nitrogen and oxygen atoms in total. The smallest absolute Gasteiger partial charge is 0.223 e. The van der Waals surface area contributed by atoms with Gasteiger partial charge in [0.1, 0.15) is 0 Å². The predicted molar refractivity (Wildman–Crippen MR) is 101 cm³/mol. The molecule has 2 N–H and O–H groups in total. The first-order valence-electron chi connectivity index (χ1n) is 9.55. The number of hydrogen-bond donors (Lipinski definition) is 1. The quantitative estimate of drug-likeness (QED) is 0.901. The molecule has 3 atom stereocenters. The van der Waals surface area contributed by atoms with Gasteiger partial charge in [-0.05, 0) is 36.7 Å². The molecule has 0 bridgehead atoms. The second kappa shape index (κ2) is 9.59. The molecule has 0 aromatic heterocycles. The Morgan fingerprint density at radius 2 is 1.88 bits per heavy atom. The van der Waals surface area contributed by atoms with Crippen LogP contribution in [0.15, 0.2) is 30.3 Å². The molecule has 2 fully saturated rings. The first-order valence-corrected chi connectivity index (χ1v) is 9.55. The van der Waals surface area contributed by atoms with E-state index >= 15 is 0 Å². The van der Waals surface area contributed by atoms with Crippen molar-refractivity contribution in [2.45, 2.75) is 71.4 Å². The number of carbonyl (C=O) groups is 2. The van der Waals surface area contributed by atoms with Crippen molar-refractivity contribution < 1.29 is 9.59 Å². The Hall–Kier alpha value is -1.84. The minimum Gasteiger partial charge on any atom is -0.370 e. The fourth-order valence-corrected chi connectivity index (χ4v) is 4.19. The summed E-state index contributed by atoms with van der Waals surface area (Å²) in [6, 6.07) is 10.9. The molecular weight excluding hydrogens is 312 g/mol. The Labute approximate surface area is 151 Å². The van der Waals surface area contributed by atoms with E-state index in [1.165, 1.54) is 44.6 Å². The molecule has 1 aliphatic heterocycles. The summed E-state index contributed by atoms with van der Waals surface area (Å²) in [6.45, 7) is 4.49. The summed E-state index contributed by atoms with van der Waals surface area (Å²) in [7, 11) is 0. The maximum atomic E-state index is 12.2. The minimum absolute atomic E-state index is 0.333. The molecule has 2 amide bonds. The zero-order valence-electron chi connectivity index (χ0n) is 15.6. The van der Waals surface area contributed by atoms with Crippen LogP contribution in [-0.4, -0.2) is 22.8 Å². The van der Waals surface area contributed by atoms with Crippen LogP contribution < -0.4 is 5.73 Å². The molecule has 1 saturated carbocycles. The van der Waals surface area contributed by atoms with Crippen molar-refractivity contribution in [3.8, 4) is 0 Å². The van der Waals surface area contributed by atoms with Crippen LogP contribution in [0.4, 0.5) is 0 Å². The van der Waals surface area contributed by atoms with Crippen molar-refractivity contribution in [3.05, 3.63) is 35.9 Å². The van der Waals surface area contributed by atoms with E-state index in [2.05, 4.69) is 41.8 Å². The van der Waals surface area contributed by atoms with Crippen molar-refractivity contribution in [1.29, 1.82) is 0 Å². The lowest BCUT2D eigenvalue weighted by Crippen LogP contribution is -2.34. The van der Waals surface area contributed by atoms with Gasteiger partial charge in [-0.25, -0.2) is 0 Å². The van der Waals surface area contributed by atoms with Crippen molar-refractivity contribution in [3.63, 3.8) is 0 Å². The van der Waals surface area contributed by atoms with Gasteiger partial charge in [-0.2, -0.15) is 0 Å². The maximum absolute atomic E-state index is 12.2. The van der Waals surface area contributed by atoms with Crippen LogP contribution in [0.2, 0.25) is 0 Å². The molecule has 1 aromatic carbocycles. The summed E-state index contributed by atoms with van der Waals surface area (Å²) in [4.78, 5) is 23.6. The molecule has 3 rings (SSSR count). The van der Waals surface area contributed by atoms with E-state index in [1.54, 1.807) is 0 Å². The van der Waals surface area contributed by atoms with Crippen LogP contribution in [0.1, 0.15) is 64.4 Å². The fraction of sp³-hybridized carbons (Fsp3) is 0.619. The molecule has 1 aromatic rings. The zero-order chi connectivity index (χ0) is 18.2. The molecule has 1 heterocycles. The molecular formula is C21H32N2O2. The van der Waals surface area contributed by atoms with Crippen molar-refractivity contribution in [1.82, 2.24) is 4.90 Å². The number of hydrogen-bond acceptors (Lipinski definition) is 2. The van der Waals surface area contributed by atoms with Crippen molar-refractivity contribution >= 4 is 11.8 Å². The summed E-state index contributed by atoms with van der Waals surface area (Å²) in [5.74, 6) is 1.74. The van der Waals surface area contributed by atoms with Crippen LogP contribution in [0, 0.1) is 11.8 Å². The van der Waals surface area contributed by atoms with Gasteiger partial charge in [0.25, 0.3) is 0 Å². The number of likely N-dealkylation sites (tertiary alicyclic amines) is 1. The van der Waals surface area contributed by atoms with E-state index in [-0.39, 0.29) is 5.91 Å². The first-order chi connectivity index (χ1) is 12.0. The second-order valence-electron chi connectivity index (χ2n) is 7.68. The number of benzene rings is 1. The largest absolute Gasteiger partial charge is 0.370 e. The Bertz CT molecular complexity index is 554. The van der Waals surface area contributed by atoms with Crippen LogP contribution in [0.5, 0.6) is 0 Å². The van der Waals surface area contributed by atoms with Gasteiger partial charge in [-0.1, -0.05) is 56.5 Å². The average Bonchev–Trinajstić information content (AvgIpc) is 2.89. The van der Waals surface area contributed by atoms with Crippen molar-refractivity contribution in [2.75, 3.05) is 0 Å². The van der Waals surface area contributed by atoms with Gasteiger partial charge in [0.05, 0.1) is 0 Å². The summed E-state index contributed by atoms with van der Waals surface area (Å²) < 4.78 is 0. The summed E-state index contributed by atoms with van der Waals surface area (Å²) >= 11 is 0. The highest BCUT2D eigenvalue weighted by atomic mass is 16.2. The zero-order valence-corrected chi connectivity index (χ0v) is 15.6. The van der Waals surface area contributed by atoms with Gasteiger partial charge >= 0.3 is 0 Å². The molecule has 0 radical (unpaired) electrons. The predicted octanol–water partition coefficient (Wildman–Crippen LogP) is 3.89. The van der Waals surface area contributed by atoms with E-state index in [4.69, 9.17) is 0 Å². The molecule has 4 heteroatoms. The van der Waals surface area contributed by atoms with Gasteiger partial charge in [0, 0.05) is 25.9 Å².